The summed E-state index contributed by atoms with van der Waals surface area (Å²) in [7, 11) is 0. The van der Waals surface area contributed by atoms with Gasteiger partial charge in [-0.1, -0.05) is 35.9 Å². The van der Waals surface area contributed by atoms with Gasteiger partial charge in [0.25, 0.3) is 0 Å². The van der Waals surface area contributed by atoms with E-state index in [-0.39, 0.29) is 5.97 Å². The molecule has 5 heteroatoms. The number of pyridine rings is 1. The molecule has 0 fully saturated rings. The Bertz CT molecular complexity index is 1070. The van der Waals surface area contributed by atoms with Crippen molar-refractivity contribution in [2.24, 2.45) is 0 Å². The fourth-order valence-electron chi connectivity index (χ4n) is 2.75. The molecule has 0 N–H and O–H groups in total. The Labute approximate surface area is 156 Å². The molecule has 5 nitrogen and oxygen atoms in total. The lowest BCUT2D eigenvalue weighted by Gasteiger charge is -2.04. The molecule has 2 heterocycles. The lowest BCUT2D eigenvalue weighted by molar-refractivity contribution is -0.134. The number of carbonyl (C=O) groups is 1. The highest BCUT2D eigenvalue weighted by Gasteiger charge is 2.12. The van der Waals surface area contributed by atoms with Gasteiger partial charge in [-0.15, -0.1) is 0 Å². The zero-order valence-corrected chi connectivity index (χ0v) is 14.9. The first-order valence-corrected chi connectivity index (χ1v) is 8.75. The lowest BCUT2D eigenvalue weighted by atomic mass is 10.1. The van der Waals surface area contributed by atoms with E-state index in [0.717, 1.165) is 5.56 Å². The number of esters is 1. The summed E-state index contributed by atoms with van der Waals surface area (Å²) in [5.41, 5.74) is 4.22. The molecule has 0 atom stereocenters. The highest BCUT2D eigenvalue weighted by molar-refractivity contribution is 5.79. The van der Waals surface area contributed by atoms with Crippen LogP contribution in [-0.2, 0) is 11.2 Å². The average Bonchev–Trinajstić information content (AvgIpc) is 3.12. The van der Waals surface area contributed by atoms with E-state index < -0.39 is 0 Å². The van der Waals surface area contributed by atoms with Crippen LogP contribution in [0.2, 0.25) is 0 Å². The molecule has 0 saturated heterocycles. The van der Waals surface area contributed by atoms with E-state index in [0.29, 0.717) is 41.3 Å². The molecule has 27 heavy (non-hydrogen) atoms. The minimum Gasteiger partial charge on any atom is -0.435 e. The van der Waals surface area contributed by atoms with E-state index >= 15 is 0 Å². The number of ether oxygens (including phenoxy) is 1. The Morgan fingerprint density at radius 2 is 1.93 bits per heavy atom. The van der Waals surface area contributed by atoms with Crippen molar-refractivity contribution in [3.8, 4) is 17.3 Å². The van der Waals surface area contributed by atoms with Crippen LogP contribution in [0.25, 0.3) is 22.7 Å². The molecule has 0 saturated carbocycles. The number of benzene rings is 2. The number of aromatic nitrogens is 2. The molecule has 134 valence electrons. The third-order valence-electron chi connectivity index (χ3n) is 4.21. The minimum absolute atomic E-state index is 0.278. The third-order valence-corrected chi connectivity index (χ3v) is 4.21. The molecule has 0 unspecified atom stereocenters. The van der Waals surface area contributed by atoms with E-state index in [4.69, 9.17) is 9.15 Å². The van der Waals surface area contributed by atoms with Crippen LogP contribution >= 0.6 is 0 Å². The number of fused-ring (bicyclic) bond motifs is 1. The van der Waals surface area contributed by atoms with Gasteiger partial charge >= 0.3 is 5.97 Å². The Balaban J connectivity index is 1.44. The predicted octanol–water partition coefficient (Wildman–Crippen LogP) is 4.74. The summed E-state index contributed by atoms with van der Waals surface area (Å²) in [6.45, 7) is 2.04. The molecule has 4 aromatic rings. The van der Waals surface area contributed by atoms with E-state index in [1.165, 1.54) is 5.56 Å². The first-order valence-electron chi connectivity index (χ1n) is 8.75. The van der Waals surface area contributed by atoms with Crippen molar-refractivity contribution in [2.45, 2.75) is 19.8 Å². The van der Waals surface area contributed by atoms with Gasteiger partial charge in [0.1, 0.15) is 17.0 Å². The van der Waals surface area contributed by atoms with Crippen LogP contribution in [0, 0.1) is 6.92 Å². The second-order valence-electron chi connectivity index (χ2n) is 6.32. The molecule has 0 spiro atoms. The van der Waals surface area contributed by atoms with Gasteiger partial charge in [0.15, 0.2) is 5.58 Å². The Morgan fingerprint density at radius 3 is 2.70 bits per heavy atom. The number of hydrogen-bond donors (Lipinski definition) is 0. The monoisotopic (exact) mass is 358 g/mol. The number of aryl methyl sites for hydroxylation is 2. The van der Waals surface area contributed by atoms with Crippen LogP contribution in [0.1, 0.15) is 17.5 Å². The zero-order valence-electron chi connectivity index (χ0n) is 14.9. The predicted molar refractivity (Wildman–Crippen MR) is 102 cm³/mol. The standard InChI is InChI=1S/C22H18N2O3/c1-15-5-7-16(8-6-15)9-12-21(25)26-17-10-11-18-20(14-17)27-22(24-18)19-4-2-3-13-23-19/h2-8,10-11,13-14H,9,12H2,1H3. The van der Waals surface area contributed by atoms with Gasteiger partial charge in [-0.2, -0.15) is 0 Å². The molecular formula is C22H18N2O3. The molecule has 4 rings (SSSR count). The maximum Gasteiger partial charge on any atom is 0.311 e. The summed E-state index contributed by atoms with van der Waals surface area (Å²) >= 11 is 0. The first-order chi connectivity index (χ1) is 13.2. The van der Waals surface area contributed by atoms with Crippen molar-refractivity contribution >= 4 is 17.1 Å². The van der Waals surface area contributed by atoms with Crippen LogP contribution < -0.4 is 4.74 Å². The number of nitrogens with zero attached hydrogens (tertiary/aromatic N) is 2. The van der Waals surface area contributed by atoms with Gasteiger partial charge < -0.3 is 9.15 Å². The maximum atomic E-state index is 12.1. The van der Waals surface area contributed by atoms with Gasteiger partial charge in [0.05, 0.1) is 0 Å². The van der Waals surface area contributed by atoms with Gasteiger partial charge in [-0.3, -0.25) is 9.78 Å². The number of rotatable bonds is 5. The summed E-state index contributed by atoms with van der Waals surface area (Å²) in [4.78, 5) is 20.8. The topological polar surface area (TPSA) is 65.2 Å². The quantitative estimate of drug-likeness (QED) is 0.381. The molecule has 0 aliphatic carbocycles. The molecule has 0 bridgehead atoms. The SMILES string of the molecule is Cc1ccc(CCC(=O)Oc2ccc3nc(-c4ccccn4)oc3c2)cc1. The number of hydrogen-bond acceptors (Lipinski definition) is 5. The van der Waals surface area contributed by atoms with Crippen LogP contribution in [-0.4, -0.2) is 15.9 Å². The van der Waals surface area contributed by atoms with E-state index in [2.05, 4.69) is 9.97 Å². The normalized spacial score (nSPS) is 10.9. The molecule has 2 aromatic carbocycles. The smallest absolute Gasteiger partial charge is 0.311 e. The highest BCUT2D eigenvalue weighted by atomic mass is 16.5. The van der Waals surface area contributed by atoms with E-state index in [1.807, 2.05) is 49.4 Å². The Morgan fingerprint density at radius 1 is 1.07 bits per heavy atom. The third kappa shape index (κ3) is 4.03. The van der Waals surface area contributed by atoms with E-state index in [1.54, 1.807) is 24.4 Å². The molecule has 0 amide bonds. The van der Waals surface area contributed by atoms with Crippen molar-refractivity contribution in [2.75, 3.05) is 0 Å². The molecule has 0 aliphatic rings. The maximum absolute atomic E-state index is 12.1. The highest BCUT2D eigenvalue weighted by Crippen LogP contribution is 2.26. The second kappa shape index (κ2) is 7.41. The number of oxazole rings is 1. The van der Waals surface area contributed by atoms with Crippen molar-refractivity contribution in [3.05, 3.63) is 78.0 Å². The first kappa shape index (κ1) is 17.0. The van der Waals surface area contributed by atoms with Gasteiger partial charge in [-0.25, -0.2) is 4.98 Å². The lowest BCUT2D eigenvalue weighted by Crippen LogP contribution is -2.08. The Kier molecular flexibility index (Phi) is 4.66. The minimum atomic E-state index is -0.278. The largest absolute Gasteiger partial charge is 0.435 e. The van der Waals surface area contributed by atoms with Crippen molar-refractivity contribution < 1.29 is 13.9 Å². The summed E-state index contributed by atoms with van der Waals surface area (Å²) in [5.74, 6) is 0.605. The molecule has 2 aromatic heterocycles. The van der Waals surface area contributed by atoms with Crippen LogP contribution in [0.4, 0.5) is 0 Å². The van der Waals surface area contributed by atoms with Gasteiger partial charge in [0.2, 0.25) is 5.89 Å². The van der Waals surface area contributed by atoms with Crippen molar-refractivity contribution in [1.29, 1.82) is 0 Å². The summed E-state index contributed by atoms with van der Waals surface area (Å²) in [6, 6.07) is 18.8. The van der Waals surface area contributed by atoms with E-state index in [9.17, 15) is 4.79 Å². The molecule has 0 aliphatic heterocycles. The molecule has 0 radical (unpaired) electrons. The summed E-state index contributed by atoms with van der Waals surface area (Å²) in [6.07, 6.45) is 2.65. The second-order valence-corrected chi connectivity index (χ2v) is 6.32. The van der Waals surface area contributed by atoms with Crippen molar-refractivity contribution in [1.82, 2.24) is 9.97 Å². The zero-order chi connectivity index (χ0) is 18.6. The van der Waals surface area contributed by atoms with Crippen LogP contribution in [0.3, 0.4) is 0 Å². The van der Waals surface area contributed by atoms with Crippen molar-refractivity contribution in [3.63, 3.8) is 0 Å². The number of carbonyl (C=O) groups excluding carboxylic acids is 1. The van der Waals surface area contributed by atoms with Gasteiger partial charge in [0, 0.05) is 18.7 Å². The summed E-state index contributed by atoms with van der Waals surface area (Å²) in [5, 5.41) is 0. The van der Waals surface area contributed by atoms with Crippen LogP contribution in [0.15, 0.2) is 71.3 Å². The molecular weight excluding hydrogens is 340 g/mol. The average molecular weight is 358 g/mol. The summed E-state index contributed by atoms with van der Waals surface area (Å²) < 4.78 is 11.2. The fourth-order valence-corrected chi connectivity index (χ4v) is 2.75. The fraction of sp³-hybridized carbons (Fsp3) is 0.136. The van der Waals surface area contributed by atoms with Crippen LogP contribution in [0.5, 0.6) is 5.75 Å². The van der Waals surface area contributed by atoms with Gasteiger partial charge in [-0.05, 0) is 43.2 Å². The Hall–Kier alpha value is -3.47.